The molecule has 9 nitrogen and oxygen atoms in total. The van der Waals surface area contributed by atoms with Gasteiger partial charge in [0.25, 0.3) is 5.91 Å². The summed E-state index contributed by atoms with van der Waals surface area (Å²) in [4.78, 5) is 19.9. The maximum atomic E-state index is 13.0. The number of amides is 1. The molecular formula is C20H21Cl2N5O4S2. The number of fused-ring (bicyclic) bond motifs is 1. The van der Waals surface area contributed by atoms with Crippen molar-refractivity contribution >= 4 is 57.5 Å². The predicted octanol–water partition coefficient (Wildman–Crippen LogP) is 3.17. The Hall–Kier alpha value is -2.44. The van der Waals surface area contributed by atoms with Crippen LogP contribution in [0.5, 0.6) is 0 Å². The average molecular weight is 530 g/mol. The molecule has 1 N–H and O–H groups in total. The van der Waals surface area contributed by atoms with Gasteiger partial charge in [0.1, 0.15) is 15.6 Å². The van der Waals surface area contributed by atoms with Crippen molar-refractivity contribution in [3.05, 3.63) is 48.5 Å². The van der Waals surface area contributed by atoms with E-state index in [0.29, 0.717) is 41.8 Å². The van der Waals surface area contributed by atoms with E-state index in [4.69, 9.17) is 4.74 Å². The Morgan fingerprint density at radius 1 is 1.12 bits per heavy atom. The fourth-order valence-corrected chi connectivity index (χ4v) is 5.51. The number of imidazole rings is 1. The van der Waals surface area contributed by atoms with Crippen LogP contribution in [-0.4, -0.2) is 71.4 Å². The van der Waals surface area contributed by atoms with Gasteiger partial charge in [0, 0.05) is 36.7 Å². The maximum Gasteiger partial charge on any atom is 0.272 e. The summed E-state index contributed by atoms with van der Waals surface area (Å²) in [6.45, 7) is 2.14. The lowest BCUT2D eigenvalue weighted by Crippen LogP contribution is -2.41. The second-order valence-corrected chi connectivity index (χ2v) is 10.6. The van der Waals surface area contributed by atoms with Crippen molar-refractivity contribution in [2.45, 2.75) is 4.21 Å². The van der Waals surface area contributed by atoms with E-state index in [1.807, 2.05) is 22.7 Å². The summed E-state index contributed by atoms with van der Waals surface area (Å²) >= 11 is 1.20. The number of rotatable bonds is 4. The monoisotopic (exact) mass is 529 g/mol. The molecule has 4 aromatic heterocycles. The minimum absolute atomic E-state index is 0. The highest BCUT2D eigenvalue weighted by Crippen LogP contribution is 2.32. The lowest BCUT2D eigenvalue weighted by molar-refractivity contribution is 0.0299. The molecule has 1 saturated heterocycles. The lowest BCUT2D eigenvalue weighted by atomic mass is 10.1. The third kappa shape index (κ3) is 4.78. The second-order valence-electron chi connectivity index (χ2n) is 7.24. The third-order valence-corrected chi connectivity index (χ3v) is 8.09. The van der Waals surface area contributed by atoms with Crippen LogP contribution in [0.3, 0.4) is 0 Å². The first-order valence-corrected chi connectivity index (χ1v) is 12.3. The number of aromatic amines is 1. The molecule has 5 heterocycles. The van der Waals surface area contributed by atoms with Gasteiger partial charge in [-0.05, 0) is 24.3 Å². The average Bonchev–Trinajstić information content (AvgIpc) is 3.51. The van der Waals surface area contributed by atoms with Crippen LogP contribution in [0.15, 0.2) is 47.1 Å². The van der Waals surface area contributed by atoms with Gasteiger partial charge >= 0.3 is 0 Å². The van der Waals surface area contributed by atoms with Gasteiger partial charge in [0.15, 0.2) is 9.84 Å². The number of hydrogen-bond acceptors (Lipinski definition) is 7. The number of carbonyl (C=O) groups is 1. The van der Waals surface area contributed by atoms with E-state index in [1.165, 1.54) is 17.6 Å². The number of aromatic nitrogens is 4. The number of nitrogens with one attached hydrogen (secondary N) is 1. The normalized spacial score (nSPS) is 14.0. The number of pyridine rings is 1. The van der Waals surface area contributed by atoms with Crippen molar-refractivity contribution < 1.29 is 17.9 Å². The van der Waals surface area contributed by atoms with Gasteiger partial charge in [-0.1, -0.05) is 0 Å². The van der Waals surface area contributed by atoms with Crippen molar-refractivity contribution in [1.82, 2.24) is 24.5 Å². The Kier molecular flexibility index (Phi) is 7.49. The second kappa shape index (κ2) is 9.82. The van der Waals surface area contributed by atoms with Gasteiger partial charge in [0.2, 0.25) is 0 Å². The van der Waals surface area contributed by atoms with E-state index in [0.717, 1.165) is 21.8 Å². The Labute approximate surface area is 206 Å². The van der Waals surface area contributed by atoms with Gasteiger partial charge < -0.3 is 9.64 Å². The van der Waals surface area contributed by atoms with Crippen molar-refractivity contribution in [3.63, 3.8) is 0 Å². The smallest absolute Gasteiger partial charge is 0.272 e. The van der Waals surface area contributed by atoms with Gasteiger partial charge in [-0.25, -0.2) is 13.4 Å². The van der Waals surface area contributed by atoms with Crippen molar-refractivity contribution in [1.29, 1.82) is 0 Å². The van der Waals surface area contributed by atoms with Crippen molar-refractivity contribution in [2.24, 2.45) is 0 Å². The molecule has 0 radical (unpaired) electrons. The van der Waals surface area contributed by atoms with Crippen LogP contribution in [0.1, 0.15) is 10.5 Å². The molecule has 0 aliphatic carbocycles. The summed E-state index contributed by atoms with van der Waals surface area (Å²) in [5.41, 5.74) is 3.43. The summed E-state index contributed by atoms with van der Waals surface area (Å²) in [6, 6.07) is 7.14. The Balaban J connectivity index is 0.00000153. The molecule has 13 heteroatoms. The number of thiophene rings is 1. The van der Waals surface area contributed by atoms with Gasteiger partial charge in [0.05, 0.1) is 36.2 Å². The lowest BCUT2D eigenvalue weighted by Gasteiger charge is -2.26. The quantitative estimate of drug-likeness (QED) is 0.434. The summed E-state index contributed by atoms with van der Waals surface area (Å²) in [5.74, 6) is -0.113. The zero-order valence-electron chi connectivity index (χ0n) is 17.4. The molecule has 0 aromatic carbocycles. The molecule has 0 atom stereocenters. The van der Waals surface area contributed by atoms with E-state index >= 15 is 0 Å². The molecule has 0 bridgehead atoms. The molecule has 0 saturated carbocycles. The zero-order chi connectivity index (χ0) is 21.6. The summed E-state index contributed by atoms with van der Waals surface area (Å²) in [7, 11) is -3.27. The molecule has 0 spiro atoms. The summed E-state index contributed by atoms with van der Waals surface area (Å²) < 4.78 is 31.2. The summed E-state index contributed by atoms with van der Waals surface area (Å²) in [5, 5.41) is 6.94. The molecule has 1 aliphatic rings. The first kappa shape index (κ1) is 25.2. The van der Waals surface area contributed by atoms with Crippen LogP contribution >= 0.6 is 36.2 Å². The van der Waals surface area contributed by atoms with Gasteiger partial charge in [-0.15, -0.1) is 36.2 Å². The number of halogens is 2. The molecule has 0 unspecified atom stereocenters. The molecule has 1 fully saturated rings. The third-order valence-electron chi connectivity index (χ3n) is 5.17. The highest BCUT2D eigenvalue weighted by Gasteiger charge is 2.24. The van der Waals surface area contributed by atoms with Crippen LogP contribution in [0, 0.1) is 0 Å². The van der Waals surface area contributed by atoms with Crippen LogP contribution in [0.25, 0.3) is 27.3 Å². The number of carbonyl (C=O) groups excluding carboxylic acids is 1. The van der Waals surface area contributed by atoms with E-state index in [9.17, 15) is 13.2 Å². The van der Waals surface area contributed by atoms with E-state index < -0.39 is 9.84 Å². The molecular weight excluding hydrogens is 509 g/mol. The molecule has 4 aromatic rings. The molecule has 33 heavy (non-hydrogen) atoms. The van der Waals surface area contributed by atoms with Crippen molar-refractivity contribution in [3.8, 4) is 21.7 Å². The number of morpholine rings is 1. The Morgan fingerprint density at radius 2 is 1.88 bits per heavy atom. The van der Waals surface area contributed by atoms with E-state index in [1.54, 1.807) is 29.4 Å². The van der Waals surface area contributed by atoms with Crippen LogP contribution in [-0.2, 0) is 14.6 Å². The standard InChI is InChI=1S/C20H19N5O4S2.2ClH/c1-31(27,28)18-5-3-16(30-18)15-11-21-17-4-2-13(12-25(15)17)14-10-22-23-19(14)20(26)24-6-8-29-9-7-24;;/h2-5,10-12H,6-9H2,1H3,(H,22,23);2*1H. The number of nitrogens with zero attached hydrogens (tertiary/aromatic N) is 4. The minimum atomic E-state index is -3.27. The first-order valence-electron chi connectivity index (χ1n) is 9.60. The van der Waals surface area contributed by atoms with Gasteiger partial charge in [-0.2, -0.15) is 5.10 Å². The number of sulfone groups is 1. The number of hydrogen-bond donors (Lipinski definition) is 1. The highest BCUT2D eigenvalue weighted by molar-refractivity contribution is 7.92. The Bertz CT molecular complexity index is 1390. The molecule has 1 amide bonds. The molecule has 5 rings (SSSR count). The number of ether oxygens (including phenoxy) is 1. The van der Waals surface area contributed by atoms with Crippen LogP contribution in [0.2, 0.25) is 0 Å². The predicted molar refractivity (Wildman–Crippen MR) is 130 cm³/mol. The SMILES string of the molecule is CS(=O)(=O)c1ccc(-c2cnc3ccc(-c4cn[nH]c4C(=O)N4CCOCC4)cn23)s1.Cl.Cl. The first-order chi connectivity index (χ1) is 14.9. The van der Waals surface area contributed by atoms with Gasteiger partial charge in [-0.3, -0.25) is 14.3 Å². The topological polar surface area (TPSA) is 110 Å². The fraction of sp³-hybridized carbons (Fsp3) is 0.250. The van der Waals surface area contributed by atoms with Crippen LogP contribution in [0.4, 0.5) is 0 Å². The Morgan fingerprint density at radius 3 is 2.58 bits per heavy atom. The minimum Gasteiger partial charge on any atom is -0.378 e. The van der Waals surface area contributed by atoms with Crippen LogP contribution < -0.4 is 0 Å². The van der Waals surface area contributed by atoms with E-state index in [-0.39, 0.29) is 30.7 Å². The zero-order valence-corrected chi connectivity index (χ0v) is 20.7. The largest absolute Gasteiger partial charge is 0.378 e. The number of H-pyrrole nitrogens is 1. The maximum absolute atomic E-state index is 13.0. The molecule has 176 valence electrons. The highest BCUT2D eigenvalue weighted by atomic mass is 35.5. The molecule has 1 aliphatic heterocycles. The van der Waals surface area contributed by atoms with Crippen molar-refractivity contribution in [2.75, 3.05) is 32.6 Å². The van der Waals surface area contributed by atoms with E-state index in [2.05, 4.69) is 15.2 Å². The summed E-state index contributed by atoms with van der Waals surface area (Å²) in [6.07, 6.45) is 6.43. The fourth-order valence-electron chi connectivity index (χ4n) is 3.57.